The Balaban J connectivity index is 1.87. The quantitative estimate of drug-likeness (QED) is 0.398. The predicted octanol–water partition coefficient (Wildman–Crippen LogP) is 6.65. The highest BCUT2D eigenvalue weighted by molar-refractivity contribution is 6.31. The number of amides is 1. The predicted molar refractivity (Wildman–Crippen MR) is 139 cm³/mol. The van der Waals surface area contributed by atoms with Gasteiger partial charge >= 0.3 is 5.97 Å². The van der Waals surface area contributed by atoms with Crippen molar-refractivity contribution in [3.8, 4) is 11.1 Å². The molecule has 0 radical (unpaired) electrons. The highest BCUT2D eigenvalue weighted by Gasteiger charge is 2.25. The maximum Gasteiger partial charge on any atom is 0.326 e. The van der Waals surface area contributed by atoms with E-state index in [9.17, 15) is 14.7 Å². The lowest BCUT2D eigenvalue weighted by atomic mass is 9.94. The van der Waals surface area contributed by atoms with Crippen LogP contribution in [0.25, 0.3) is 11.1 Å². The van der Waals surface area contributed by atoms with Gasteiger partial charge in [-0.3, -0.25) is 4.79 Å². The van der Waals surface area contributed by atoms with Crippen LogP contribution in [0.2, 0.25) is 5.02 Å². The molecule has 0 saturated heterocycles. The van der Waals surface area contributed by atoms with Gasteiger partial charge in [-0.05, 0) is 86.2 Å². The topological polar surface area (TPSA) is 69.6 Å². The molecule has 0 saturated carbocycles. The van der Waals surface area contributed by atoms with Gasteiger partial charge in [-0.2, -0.15) is 0 Å². The number of aliphatic carboxylic acids is 1. The summed E-state index contributed by atoms with van der Waals surface area (Å²) < 4.78 is 0. The summed E-state index contributed by atoms with van der Waals surface area (Å²) in [7, 11) is 1.52. The number of nitrogens with one attached hydrogen (secondary N) is 1. The Morgan fingerprint density at radius 1 is 0.912 bits per heavy atom. The number of anilines is 1. The van der Waals surface area contributed by atoms with E-state index in [0.717, 1.165) is 44.1 Å². The lowest BCUT2D eigenvalue weighted by Gasteiger charge is -2.24. The van der Waals surface area contributed by atoms with Crippen molar-refractivity contribution in [1.29, 1.82) is 0 Å². The third-order valence-electron chi connectivity index (χ3n) is 6.27. The molecule has 0 bridgehead atoms. The highest BCUT2D eigenvalue weighted by Crippen LogP contribution is 2.30. The molecular formula is C28H31ClN2O3. The van der Waals surface area contributed by atoms with Crippen molar-refractivity contribution in [3.05, 3.63) is 87.4 Å². The molecule has 0 aromatic heterocycles. The van der Waals surface area contributed by atoms with E-state index in [1.54, 1.807) is 0 Å². The minimum Gasteiger partial charge on any atom is -0.480 e. The number of aryl methyl sites for hydroxylation is 3. The molecular weight excluding hydrogens is 448 g/mol. The number of nitrogens with zero attached hydrogens (tertiary/aromatic N) is 1. The lowest BCUT2D eigenvalue weighted by Crippen LogP contribution is -2.40. The van der Waals surface area contributed by atoms with Crippen LogP contribution < -0.4 is 5.32 Å². The molecule has 1 amide bonds. The lowest BCUT2D eigenvalue weighted by molar-refractivity contribution is -0.141. The number of hydrogen-bond donors (Lipinski definition) is 2. The Bertz CT molecular complexity index is 1220. The molecule has 0 heterocycles. The van der Waals surface area contributed by atoms with Crippen molar-refractivity contribution < 1.29 is 14.7 Å². The number of carboxylic acid groups (broad SMARTS) is 1. The molecule has 2 N–H and O–H groups in total. The number of halogens is 1. The van der Waals surface area contributed by atoms with Gasteiger partial charge in [0.1, 0.15) is 6.04 Å². The van der Waals surface area contributed by atoms with Crippen molar-refractivity contribution in [1.82, 2.24) is 4.90 Å². The van der Waals surface area contributed by atoms with Crippen molar-refractivity contribution in [2.24, 2.45) is 0 Å². The van der Waals surface area contributed by atoms with Gasteiger partial charge in [0.15, 0.2) is 0 Å². The van der Waals surface area contributed by atoms with Crippen molar-refractivity contribution in [3.63, 3.8) is 0 Å². The average Bonchev–Trinajstić information content (AvgIpc) is 2.79. The van der Waals surface area contributed by atoms with Crippen LogP contribution in [0.15, 0.2) is 54.6 Å². The van der Waals surface area contributed by atoms with Gasteiger partial charge in [0.05, 0.1) is 0 Å². The molecule has 34 heavy (non-hydrogen) atoms. The molecule has 3 aromatic carbocycles. The molecule has 3 aromatic rings. The Kier molecular flexibility index (Phi) is 7.68. The first-order chi connectivity index (χ1) is 16.0. The van der Waals surface area contributed by atoms with Crippen LogP contribution in [0.5, 0.6) is 0 Å². The van der Waals surface area contributed by atoms with E-state index in [-0.39, 0.29) is 11.9 Å². The van der Waals surface area contributed by atoms with Gasteiger partial charge in [-0.1, -0.05) is 48.0 Å². The van der Waals surface area contributed by atoms with Gasteiger partial charge in [-0.25, -0.2) is 4.79 Å². The summed E-state index contributed by atoms with van der Waals surface area (Å²) >= 11 is 6.17. The molecule has 0 aliphatic rings. The standard InChI is InChI=1S/C28H31ClN2O3/c1-16-12-21(10-11-25(16)29)19(4)30-24-9-7-8-22(15-24)23-13-17(2)26(18(3)14-23)27(32)31(6)20(5)28(33)34/h7-15,19-20,30H,1-6H3,(H,33,34)/t19-,20?/m1/s1. The van der Waals surface area contributed by atoms with Gasteiger partial charge in [0.2, 0.25) is 0 Å². The Morgan fingerprint density at radius 2 is 1.56 bits per heavy atom. The van der Waals surface area contributed by atoms with Crippen LogP contribution in [0.3, 0.4) is 0 Å². The highest BCUT2D eigenvalue weighted by atomic mass is 35.5. The minimum absolute atomic E-state index is 0.0986. The van der Waals surface area contributed by atoms with E-state index in [1.807, 2.05) is 63.2 Å². The van der Waals surface area contributed by atoms with E-state index < -0.39 is 12.0 Å². The third-order valence-corrected chi connectivity index (χ3v) is 6.69. The summed E-state index contributed by atoms with van der Waals surface area (Å²) in [6.45, 7) is 9.38. The Morgan fingerprint density at radius 3 is 2.15 bits per heavy atom. The molecule has 0 aliphatic carbocycles. The molecule has 0 fully saturated rings. The van der Waals surface area contributed by atoms with Gasteiger partial charge in [0.25, 0.3) is 5.91 Å². The first-order valence-corrected chi connectivity index (χ1v) is 11.6. The van der Waals surface area contributed by atoms with E-state index in [0.29, 0.717) is 5.56 Å². The summed E-state index contributed by atoms with van der Waals surface area (Å²) in [5, 5.41) is 13.6. The maximum absolute atomic E-state index is 13.0. The zero-order valence-electron chi connectivity index (χ0n) is 20.4. The zero-order chi connectivity index (χ0) is 25.2. The molecule has 5 nitrogen and oxygen atoms in total. The van der Waals surface area contributed by atoms with Crippen LogP contribution in [0.1, 0.15) is 52.5 Å². The van der Waals surface area contributed by atoms with Crippen molar-refractivity contribution >= 4 is 29.2 Å². The van der Waals surface area contributed by atoms with Crippen LogP contribution >= 0.6 is 11.6 Å². The minimum atomic E-state index is -1.03. The molecule has 0 spiro atoms. The average molecular weight is 479 g/mol. The number of benzene rings is 3. The number of likely N-dealkylation sites (N-methyl/N-ethyl adjacent to an activating group) is 1. The summed E-state index contributed by atoms with van der Waals surface area (Å²) in [5.41, 5.74) is 7.39. The van der Waals surface area contributed by atoms with E-state index >= 15 is 0 Å². The van der Waals surface area contributed by atoms with Crippen LogP contribution in [0.4, 0.5) is 5.69 Å². The SMILES string of the molecule is Cc1cc([C@@H](C)Nc2cccc(-c3cc(C)c(C(=O)N(C)C(C)C(=O)O)c(C)c3)c2)ccc1Cl. The summed E-state index contributed by atoms with van der Waals surface area (Å²) in [5.74, 6) is -1.32. The van der Waals surface area contributed by atoms with E-state index in [4.69, 9.17) is 11.6 Å². The Labute approximate surface area is 206 Å². The smallest absolute Gasteiger partial charge is 0.326 e. The monoisotopic (exact) mass is 478 g/mol. The second kappa shape index (κ2) is 10.3. The number of rotatable bonds is 7. The summed E-state index contributed by atoms with van der Waals surface area (Å²) in [6, 6.07) is 17.4. The van der Waals surface area contributed by atoms with E-state index in [2.05, 4.69) is 24.4 Å². The van der Waals surface area contributed by atoms with Crippen molar-refractivity contribution in [2.75, 3.05) is 12.4 Å². The number of carbonyl (C=O) groups is 2. The molecule has 1 unspecified atom stereocenters. The molecule has 0 aliphatic heterocycles. The van der Waals surface area contributed by atoms with Crippen LogP contribution in [0, 0.1) is 20.8 Å². The molecule has 2 atom stereocenters. The zero-order valence-corrected chi connectivity index (χ0v) is 21.2. The van der Waals surface area contributed by atoms with Gasteiger partial charge < -0.3 is 15.3 Å². The van der Waals surface area contributed by atoms with E-state index in [1.165, 1.54) is 18.9 Å². The second-order valence-electron chi connectivity index (χ2n) is 8.87. The molecule has 3 rings (SSSR count). The van der Waals surface area contributed by atoms with Gasteiger partial charge in [0, 0.05) is 29.4 Å². The first kappa shape index (κ1) is 25.3. The van der Waals surface area contributed by atoms with Crippen LogP contribution in [-0.2, 0) is 4.79 Å². The van der Waals surface area contributed by atoms with Crippen molar-refractivity contribution in [2.45, 2.75) is 46.7 Å². The summed E-state index contributed by atoms with van der Waals surface area (Å²) in [4.78, 5) is 25.6. The first-order valence-electron chi connectivity index (χ1n) is 11.2. The fraction of sp³-hybridized carbons (Fsp3) is 0.286. The molecule has 6 heteroatoms. The largest absolute Gasteiger partial charge is 0.480 e. The molecule has 178 valence electrons. The van der Waals surface area contributed by atoms with Crippen LogP contribution in [-0.4, -0.2) is 35.0 Å². The second-order valence-corrected chi connectivity index (χ2v) is 9.28. The fourth-order valence-electron chi connectivity index (χ4n) is 4.04. The maximum atomic E-state index is 13.0. The number of carboxylic acids is 1. The van der Waals surface area contributed by atoms with Gasteiger partial charge in [-0.15, -0.1) is 0 Å². The number of hydrogen-bond acceptors (Lipinski definition) is 3. The summed E-state index contributed by atoms with van der Waals surface area (Å²) in [6.07, 6.45) is 0. The third kappa shape index (κ3) is 5.42. The Hall–Kier alpha value is -3.31. The fourth-order valence-corrected chi connectivity index (χ4v) is 4.16. The number of carbonyl (C=O) groups excluding carboxylic acids is 1. The normalized spacial score (nSPS) is 12.7.